The van der Waals surface area contributed by atoms with Crippen LogP contribution in [-0.2, 0) is 0 Å². The number of halogens is 1. The fraction of sp³-hybridized carbons (Fsp3) is 0.0435. The van der Waals surface area contributed by atoms with Crippen LogP contribution in [0.2, 0.25) is 0 Å². The highest BCUT2D eigenvalue weighted by molar-refractivity contribution is 9.10. The molecule has 30 heavy (non-hydrogen) atoms. The van der Waals surface area contributed by atoms with Crippen LogP contribution in [0.3, 0.4) is 0 Å². The number of pyridine rings is 1. The summed E-state index contributed by atoms with van der Waals surface area (Å²) in [7, 11) is 0. The van der Waals surface area contributed by atoms with Crippen molar-refractivity contribution < 1.29 is 0 Å². The zero-order valence-corrected chi connectivity index (χ0v) is 17.6. The highest BCUT2D eigenvalue weighted by Gasteiger charge is 2.19. The molecule has 5 rings (SSSR count). The summed E-state index contributed by atoms with van der Waals surface area (Å²) >= 11 is 3.46. The lowest BCUT2D eigenvalue weighted by molar-refractivity contribution is 0.858. The maximum Gasteiger partial charge on any atom is 0.269 e. The fourth-order valence-electron chi connectivity index (χ4n) is 3.45. The molecule has 0 aliphatic rings. The summed E-state index contributed by atoms with van der Waals surface area (Å²) in [6.45, 7) is 2.01. The van der Waals surface area contributed by atoms with E-state index >= 15 is 0 Å². The lowest BCUT2D eigenvalue weighted by Gasteiger charge is -2.15. The van der Waals surface area contributed by atoms with E-state index in [9.17, 15) is 4.79 Å². The topological polar surface area (TPSA) is 65.6 Å². The van der Waals surface area contributed by atoms with E-state index < -0.39 is 0 Å². The van der Waals surface area contributed by atoms with Gasteiger partial charge in [0.2, 0.25) is 0 Å². The van der Waals surface area contributed by atoms with Crippen molar-refractivity contribution in [3.63, 3.8) is 0 Å². The Bertz CT molecular complexity index is 1420. The maximum absolute atomic E-state index is 13.6. The smallest absolute Gasteiger partial charge is 0.268 e. The molecular weight excluding hydrogens is 442 g/mol. The maximum atomic E-state index is 13.6. The van der Waals surface area contributed by atoms with Gasteiger partial charge >= 0.3 is 0 Å². The largest absolute Gasteiger partial charge is 0.269 e. The van der Waals surface area contributed by atoms with Gasteiger partial charge in [-0.05, 0) is 48.9 Å². The van der Waals surface area contributed by atoms with Crippen LogP contribution in [0.4, 0.5) is 0 Å². The van der Waals surface area contributed by atoms with Gasteiger partial charge in [0, 0.05) is 16.2 Å². The molecule has 0 aliphatic carbocycles. The van der Waals surface area contributed by atoms with Gasteiger partial charge in [0.25, 0.3) is 5.56 Å². The Balaban J connectivity index is 1.88. The van der Waals surface area contributed by atoms with E-state index in [1.54, 1.807) is 21.6 Å². The van der Waals surface area contributed by atoms with Crippen LogP contribution < -0.4 is 5.56 Å². The van der Waals surface area contributed by atoms with Crippen molar-refractivity contribution in [2.75, 3.05) is 0 Å². The molecule has 146 valence electrons. The predicted molar refractivity (Wildman–Crippen MR) is 120 cm³/mol. The van der Waals surface area contributed by atoms with Crippen molar-refractivity contribution in [1.82, 2.24) is 24.3 Å². The molecule has 0 radical (unpaired) electrons. The Kier molecular flexibility index (Phi) is 4.52. The molecule has 0 atom stereocenters. The van der Waals surface area contributed by atoms with Gasteiger partial charge in [0.05, 0.1) is 11.9 Å². The molecule has 0 spiro atoms. The zero-order valence-electron chi connectivity index (χ0n) is 16.0. The first-order valence-electron chi connectivity index (χ1n) is 9.37. The van der Waals surface area contributed by atoms with Gasteiger partial charge in [-0.1, -0.05) is 46.3 Å². The van der Waals surface area contributed by atoms with E-state index in [0.717, 1.165) is 21.3 Å². The van der Waals surface area contributed by atoms with E-state index in [1.165, 1.54) is 0 Å². The Morgan fingerprint density at radius 1 is 0.933 bits per heavy atom. The molecule has 7 heteroatoms. The molecule has 0 bridgehead atoms. The normalized spacial score (nSPS) is 11.1. The number of aryl methyl sites for hydroxylation is 1. The van der Waals surface area contributed by atoms with Crippen LogP contribution >= 0.6 is 15.9 Å². The summed E-state index contributed by atoms with van der Waals surface area (Å²) in [5, 5.41) is 4.83. The first kappa shape index (κ1) is 18.4. The van der Waals surface area contributed by atoms with Crippen LogP contribution in [0.1, 0.15) is 5.56 Å². The Hall–Kier alpha value is -3.58. The van der Waals surface area contributed by atoms with Crippen LogP contribution in [0.5, 0.6) is 0 Å². The summed E-state index contributed by atoms with van der Waals surface area (Å²) in [5.41, 5.74) is 2.95. The number of rotatable bonds is 3. The van der Waals surface area contributed by atoms with Gasteiger partial charge in [-0.25, -0.2) is 9.97 Å². The number of nitrogens with zero attached hydrogens (tertiary/aromatic N) is 5. The fourth-order valence-corrected chi connectivity index (χ4v) is 3.71. The molecule has 0 fully saturated rings. The van der Waals surface area contributed by atoms with E-state index in [1.807, 2.05) is 73.7 Å². The molecule has 0 saturated carbocycles. The summed E-state index contributed by atoms with van der Waals surface area (Å²) < 4.78 is 4.18. The molecule has 3 heterocycles. The predicted octanol–water partition coefficient (Wildman–Crippen LogP) is 4.70. The molecule has 3 aromatic heterocycles. The number of fused-ring (bicyclic) bond motifs is 1. The number of benzene rings is 2. The number of hydrogen-bond acceptors (Lipinski definition) is 4. The van der Waals surface area contributed by atoms with Gasteiger partial charge in [-0.2, -0.15) is 9.78 Å². The van der Waals surface area contributed by atoms with E-state index in [-0.39, 0.29) is 5.56 Å². The summed E-state index contributed by atoms with van der Waals surface area (Å²) in [6.07, 6.45) is 3.24. The van der Waals surface area contributed by atoms with Gasteiger partial charge in [-0.15, -0.1) is 0 Å². The summed E-state index contributed by atoms with van der Waals surface area (Å²) in [4.78, 5) is 22.9. The van der Waals surface area contributed by atoms with Gasteiger partial charge in [-0.3, -0.25) is 9.36 Å². The van der Waals surface area contributed by atoms with E-state index in [0.29, 0.717) is 22.7 Å². The quantitative estimate of drug-likeness (QED) is 0.393. The van der Waals surface area contributed by atoms with Gasteiger partial charge in [0.1, 0.15) is 11.2 Å². The monoisotopic (exact) mass is 457 g/mol. The second-order valence-corrected chi connectivity index (χ2v) is 7.76. The lowest BCUT2D eigenvalue weighted by Crippen LogP contribution is -2.22. The van der Waals surface area contributed by atoms with Crippen LogP contribution in [0.25, 0.3) is 33.9 Å². The standard InChI is InChI=1S/C23H16BrN5O/c1-15-6-2-3-7-18(15)21-27-22-19(14-26-29(22)20-8-4-5-13-25-20)23(30)28(21)17-11-9-16(24)10-12-17/h2-14H,1H3. The molecule has 0 aliphatic heterocycles. The third kappa shape index (κ3) is 3.04. The molecule has 0 amide bonds. The van der Waals surface area contributed by atoms with Gasteiger partial charge in [0.15, 0.2) is 11.5 Å². The van der Waals surface area contributed by atoms with Crippen LogP contribution in [0.15, 0.2) is 88.4 Å². The van der Waals surface area contributed by atoms with Crippen molar-refractivity contribution >= 4 is 27.0 Å². The first-order chi connectivity index (χ1) is 14.6. The van der Waals surface area contributed by atoms with Gasteiger partial charge < -0.3 is 0 Å². The second-order valence-electron chi connectivity index (χ2n) is 6.85. The minimum atomic E-state index is -0.178. The molecular formula is C23H16BrN5O. The van der Waals surface area contributed by atoms with E-state index in [2.05, 4.69) is 26.0 Å². The average molecular weight is 458 g/mol. The highest BCUT2D eigenvalue weighted by atomic mass is 79.9. The van der Waals surface area contributed by atoms with Crippen LogP contribution in [0, 0.1) is 6.92 Å². The molecule has 6 nitrogen and oxygen atoms in total. The SMILES string of the molecule is Cc1ccccc1-c1nc2c(cnn2-c2ccccn2)c(=O)n1-c1ccc(Br)cc1. The number of hydrogen-bond donors (Lipinski definition) is 0. The minimum absolute atomic E-state index is 0.178. The van der Waals surface area contributed by atoms with Crippen molar-refractivity contribution in [2.24, 2.45) is 0 Å². The lowest BCUT2D eigenvalue weighted by atomic mass is 10.1. The third-order valence-corrected chi connectivity index (χ3v) is 5.47. The Morgan fingerprint density at radius 2 is 1.70 bits per heavy atom. The Labute approximate surface area is 180 Å². The van der Waals surface area contributed by atoms with E-state index in [4.69, 9.17) is 4.98 Å². The first-order valence-corrected chi connectivity index (χ1v) is 10.2. The van der Waals surface area contributed by atoms with Crippen molar-refractivity contribution in [2.45, 2.75) is 6.92 Å². The summed E-state index contributed by atoms with van der Waals surface area (Å²) in [6, 6.07) is 21.0. The third-order valence-electron chi connectivity index (χ3n) is 4.94. The molecule has 0 N–H and O–H groups in total. The summed E-state index contributed by atoms with van der Waals surface area (Å²) in [5.74, 6) is 1.17. The molecule has 0 unspecified atom stereocenters. The number of aromatic nitrogens is 5. The molecule has 2 aromatic carbocycles. The zero-order chi connectivity index (χ0) is 20.7. The van der Waals surface area contributed by atoms with Crippen molar-refractivity contribution in [3.05, 3.63) is 99.5 Å². The Morgan fingerprint density at radius 3 is 2.43 bits per heavy atom. The average Bonchev–Trinajstić information content (AvgIpc) is 3.20. The second kappa shape index (κ2) is 7.35. The van der Waals surface area contributed by atoms with Crippen molar-refractivity contribution in [3.8, 4) is 22.9 Å². The molecule has 0 saturated heterocycles. The molecule has 5 aromatic rings. The minimum Gasteiger partial charge on any atom is -0.268 e. The highest BCUT2D eigenvalue weighted by Crippen LogP contribution is 2.26. The van der Waals surface area contributed by atoms with Crippen LogP contribution in [-0.4, -0.2) is 24.3 Å². The van der Waals surface area contributed by atoms with Crippen molar-refractivity contribution in [1.29, 1.82) is 0 Å².